The average molecular weight is 586 g/mol. The maximum atomic E-state index is 5.14. The molecule has 0 N–H and O–H groups in total. The molecule has 2 aliphatic carbocycles. The largest absolute Gasteiger partial charge is 0.233 e. The van der Waals surface area contributed by atoms with Gasteiger partial charge in [-0.15, -0.1) is 0 Å². The molecule has 0 atom stereocenters. The molecule has 1 heterocycles. The highest BCUT2D eigenvalue weighted by Gasteiger charge is 2.36. The second kappa shape index (κ2) is 10.1. The molecule has 0 unspecified atom stereocenters. The second-order valence-corrected chi connectivity index (χ2v) is 12.8. The number of benzene rings is 4. The van der Waals surface area contributed by atoms with Gasteiger partial charge in [0.2, 0.25) is 0 Å². The zero-order chi connectivity index (χ0) is 27.3. The van der Waals surface area contributed by atoms with E-state index < -0.39 is 0 Å². The van der Waals surface area contributed by atoms with E-state index in [1.165, 1.54) is 46.4 Å². The molecule has 2 aliphatic rings. The maximum absolute atomic E-state index is 5.14. The molecule has 1 aromatic heterocycles. The molecule has 0 aliphatic heterocycles. The van der Waals surface area contributed by atoms with Crippen LogP contribution in [0, 0.1) is 0 Å². The van der Waals surface area contributed by atoms with Crippen LogP contribution in [0.1, 0.15) is 73.8 Å². The van der Waals surface area contributed by atoms with Crippen molar-refractivity contribution in [1.82, 2.24) is 9.97 Å². The molecule has 0 bridgehead atoms. The summed E-state index contributed by atoms with van der Waals surface area (Å²) in [4.78, 5) is 10.1. The van der Waals surface area contributed by atoms with Crippen molar-refractivity contribution in [3.8, 4) is 33.8 Å². The van der Waals surface area contributed by atoms with Gasteiger partial charge in [-0.2, -0.15) is 0 Å². The Morgan fingerprint density at radius 1 is 0.625 bits per heavy atom. The lowest BCUT2D eigenvalue weighted by molar-refractivity contribution is 0.391. The predicted molar refractivity (Wildman–Crippen MR) is 169 cm³/mol. The summed E-state index contributed by atoms with van der Waals surface area (Å²) in [5.41, 5.74) is 11.7. The Balaban J connectivity index is 1.16. The molecular formula is C37H33BrN2. The van der Waals surface area contributed by atoms with Crippen molar-refractivity contribution in [3.63, 3.8) is 0 Å². The van der Waals surface area contributed by atoms with Crippen LogP contribution in [0.25, 0.3) is 33.8 Å². The Morgan fingerprint density at radius 3 is 2.08 bits per heavy atom. The van der Waals surface area contributed by atoms with Gasteiger partial charge in [0.05, 0.1) is 5.69 Å². The van der Waals surface area contributed by atoms with Crippen molar-refractivity contribution < 1.29 is 0 Å². The zero-order valence-electron chi connectivity index (χ0n) is 23.1. The number of fused-ring (bicyclic) bond motifs is 3. The third kappa shape index (κ3) is 4.51. The van der Waals surface area contributed by atoms with E-state index in [0.29, 0.717) is 11.8 Å². The fourth-order valence-corrected chi connectivity index (χ4v) is 7.12. The molecule has 198 valence electrons. The van der Waals surface area contributed by atoms with Gasteiger partial charge in [-0.05, 0) is 77.6 Å². The first-order chi connectivity index (χ1) is 19.5. The number of hydrogen-bond donors (Lipinski definition) is 0. The molecular weight excluding hydrogens is 552 g/mol. The fraction of sp³-hybridized carbons (Fsp3) is 0.243. The van der Waals surface area contributed by atoms with Crippen LogP contribution in [-0.4, -0.2) is 9.97 Å². The minimum Gasteiger partial charge on any atom is -0.233 e. The van der Waals surface area contributed by atoms with E-state index in [-0.39, 0.29) is 5.41 Å². The number of rotatable bonds is 4. The van der Waals surface area contributed by atoms with Crippen LogP contribution in [0.3, 0.4) is 0 Å². The topological polar surface area (TPSA) is 25.8 Å². The molecule has 0 radical (unpaired) electrons. The van der Waals surface area contributed by atoms with Gasteiger partial charge in [0.15, 0.2) is 5.82 Å². The highest BCUT2D eigenvalue weighted by atomic mass is 79.9. The summed E-state index contributed by atoms with van der Waals surface area (Å²) in [5.74, 6) is 1.87. The van der Waals surface area contributed by atoms with E-state index in [4.69, 9.17) is 9.97 Å². The molecule has 3 heteroatoms. The van der Waals surface area contributed by atoms with E-state index >= 15 is 0 Å². The van der Waals surface area contributed by atoms with Crippen molar-refractivity contribution >= 4 is 15.9 Å². The Morgan fingerprint density at radius 2 is 1.30 bits per heavy atom. The Labute approximate surface area is 245 Å². The number of nitrogens with zero attached hydrogens (tertiary/aromatic N) is 2. The fourth-order valence-electron chi connectivity index (χ4n) is 6.86. The Kier molecular flexibility index (Phi) is 6.43. The summed E-state index contributed by atoms with van der Waals surface area (Å²) < 4.78 is 1.07. The molecule has 40 heavy (non-hydrogen) atoms. The molecule has 0 saturated heterocycles. The van der Waals surface area contributed by atoms with Crippen molar-refractivity contribution in [3.05, 3.63) is 130 Å². The minimum atomic E-state index is 0.0529. The van der Waals surface area contributed by atoms with Crippen LogP contribution in [0.5, 0.6) is 0 Å². The highest BCUT2D eigenvalue weighted by molar-refractivity contribution is 9.10. The molecule has 0 spiro atoms. The summed E-state index contributed by atoms with van der Waals surface area (Å²) in [5, 5.41) is 0. The third-order valence-corrected chi connectivity index (χ3v) is 9.67. The monoisotopic (exact) mass is 584 g/mol. The van der Waals surface area contributed by atoms with Crippen LogP contribution in [0.4, 0.5) is 0 Å². The van der Waals surface area contributed by atoms with Crippen LogP contribution in [0.15, 0.2) is 108 Å². The summed E-state index contributed by atoms with van der Waals surface area (Å²) >= 11 is 3.57. The van der Waals surface area contributed by atoms with Crippen molar-refractivity contribution in [2.45, 2.75) is 56.8 Å². The van der Waals surface area contributed by atoms with E-state index in [1.54, 1.807) is 0 Å². The smallest absolute Gasteiger partial charge is 0.160 e. The van der Waals surface area contributed by atoms with Gasteiger partial charge in [-0.1, -0.05) is 115 Å². The third-order valence-electron chi connectivity index (χ3n) is 9.14. The number of aromatic nitrogens is 2. The van der Waals surface area contributed by atoms with Gasteiger partial charge in [-0.25, -0.2) is 9.97 Å². The molecule has 1 saturated carbocycles. The standard InChI is InChI=1S/C37H33BrN2/c1-37(2)32-11-7-6-10-30(32)31-21-18-28(22-33(31)37)24-12-14-25(15-13-24)34-23-35(26-16-19-29(38)20-17-26)40-36(39-34)27-8-4-3-5-9-27/h3-11,16-25H,12-15H2,1-2H3. The van der Waals surface area contributed by atoms with Crippen molar-refractivity contribution in [2.24, 2.45) is 0 Å². The lowest BCUT2D eigenvalue weighted by atomic mass is 9.75. The molecule has 2 nitrogen and oxygen atoms in total. The number of hydrogen-bond acceptors (Lipinski definition) is 2. The molecule has 7 rings (SSSR count). The van der Waals surface area contributed by atoms with Crippen LogP contribution in [-0.2, 0) is 5.41 Å². The van der Waals surface area contributed by atoms with Gasteiger partial charge in [0.1, 0.15) is 0 Å². The second-order valence-electron chi connectivity index (χ2n) is 11.9. The Bertz CT molecular complexity index is 1680. The van der Waals surface area contributed by atoms with Crippen molar-refractivity contribution in [2.75, 3.05) is 0 Å². The summed E-state index contributed by atoms with van der Waals surface area (Å²) in [6.07, 6.45) is 4.68. The van der Waals surface area contributed by atoms with Gasteiger partial charge in [-0.3, -0.25) is 0 Å². The molecule has 4 aromatic carbocycles. The Hall–Kier alpha value is -3.56. The average Bonchev–Trinajstić information content (AvgIpc) is 3.24. The van der Waals surface area contributed by atoms with Gasteiger partial charge in [0, 0.05) is 32.6 Å². The summed E-state index contributed by atoms with van der Waals surface area (Å²) in [6.45, 7) is 4.75. The van der Waals surface area contributed by atoms with Crippen LogP contribution in [0.2, 0.25) is 0 Å². The zero-order valence-corrected chi connectivity index (χ0v) is 24.7. The minimum absolute atomic E-state index is 0.0529. The highest BCUT2D eigenvalue weighted by Crippen LogP contribution is 2.50. The van der Waals surface area contributed by atoms with Gasteiger partial charge >= 0.3 is 0 Å². The summed E-state index contributed by atoms with van der Waals surface area (Å²) in [7, 11) is 0. The lowest BCUT2D eigenvalue weighted by Crippen LogP contribution is -2.17. The first-order valence-electron chi connectivity index (χ1n) is 14.4. The van der Waals surface area contributed by atoms with E-state index in [1.807, 2.05) is 6.07 Å². The van der Waals surface area contributed by atoms with E-state index in [9.17, 15) is 0 Å². The van der Waals surface area contributed by atoms with Gasteiger partial charge < -0.3 is 0 Å². The first-order valence-corrected chi connectivity index (χ1v) is 15.2. The van der Waals surface area contributed by atoms with Gasteiger partial charge in [0.25, 0.3) is 0 Å². The molecule has 0 amide bonds. The molecule has 5 aromatic rings. The predicted octanol–water partition coefficient (Wildman–Crippen LogP) is 10.3. The quantitative estimate of drug-likeness (QED) is 0.210. The first kappa shape index (κ1) is 25.4. The van der Waals surface area contributed by atoms with E-state index in [0.717, 1.165) is 40.0 Å². The summed E-state index contributed by atoms with van der Waals surface area (Å²) in [6, 6.07) is 37.3. The SMILES string of the molecule is CC1(C)c2ccccc2-c2ccc(C3CCC(c4cc(-c5ccc(Br)cc5)nc(-c5ccccc5)n4)CC3)cc21. The lowest BCUT2D eigenvalue weighted by Gasteiger charge is -2.30. The normalized spacial score (nSPS) is 19.2. The molecule has 1 fully saturated rings. The van der Waals surface area contributed by atoms with Crippen LogP contribution >= 0.6 is 15.9 Å². The van der Waals surface area contributed by atoms with E-state index in [2.05, 4.69) is 127 Å². The van der Waals surface area contributed by atoms with Crippen molar-refractivity contribution in [1.29, 1.82) is 0 Å². The maximum Gasteiger partial charge on any atom is 0.160 e. The van der Waals surface area contributed by atoms with Crippen LogP contribution < -0.4 is 0 Å². The number of halogens is 1.